The summed E-state index contributed by atoms with van der Waals surface area (Å²) in [7, 11) is 0. The molecule has 0 aromatic rings. The first-order chi connectivity index (χ1) is 3.93. The summed E-state index contributed by atoms with van der Waals surface area (Å²) >= 11 is 1.66. The Morgan fingerprint density at radius 3 is 2.50 bits per heavy atom. The monoisotopic (exact) mass is 253 g/mol. The van der Waals surface area contributed by atoms with E-state index in [2.05, 4.69) is 18.2 Å². The second kappa shape index (κ2) is 8.04. The third-order valence-corrected chi connectivity index (χ3v) is 1.91. The van der Waals surface area contributed by atoms with E-state index in [1.165, 1.54) is 17.0 Å². The SMILES string of the molecule is [Cl-].[Cl-].[Zr+2][CH2]CC1=CC=CC1. The summed E-state index contributed by atoms with van der Waals surface area (Å²) in [6.45, 7) is 0. The van der Waals surface area contributed by atoms with Crippen molar-refractivity contribution in [3.8, 4) is 0 Å². The van der Waals surface area contributed by atoms with Crippen LogP contribution in [-0.4, -0.2) is 0 Å². The second-order valence-electron chi connectivity index (χ2n) is 1.96. The Balaban J connectivity index is 0. The van der Waals surface area contributed by atoms with E-state index in [1.54, 1.807) is 30.3 Å². The maximum absolute atomic E-state index is 2.24. The Morgan fingerprint density at radius 1 is 1.40 bits per heavy atom. The van der Waals surface area contributed by atoms with Gasteiger partial charge in [-0.05, 0) is 0 Å². The van der Waals surface area contributed by atoms with Gasteiger partial charge in [0.1, 0.15) is 0 Å². The molecule has 0 fully saturated rings. The molecule has 55 valence electrons. The van der Waals surface area contributed by atoms with Crippen LogP contribution in [-0.2, 0) is 24.7 Å². The molecule has 1 aliphatic rings. The minimum absolute atomic E-state index is 0. The summed E-state index contributed by atoms with van der Waals surface area (Å²) in [6, 6.07) is 0. The van der Waals surface area contributed by atoms with Crippen LogP contribution < -0.4 is 24.8 Å². The van der Waals surface area contributed by atoms with Crippen molar-refractivity contribution in [1.82, 2.24) is 0 Å². The van der Waals surface area contributed by atoms with Crippen LogP contribution in [0.4, 0.5) is 0 Å². The van der Waals surface area contributed by atoms with Crippen molar-refractivity contribution in [2.45, 2.75) is 17.0 Å². The van der Waals surface area contributed by atoms with Crippen molar-refractivity contribution in [3.05, 3.63) is 23.8 Å². The fourth-order valence-corrected chi connectivity index (χ4v) is 1.63. The molecule has 0 aromatic heterocycles. The molecule has 0 atom stereocenters. The molecule has 1 aliphatic carbocycles. The predicted octanol–water partition coefficient (Wildman–Crippen LogP) is -3.76. The molecule has 0 bridgehead atoms. The maximum atomic E-state index is 2.24. The normalized spacial score (nSPS) is 13.6. The van der Waals surface area contributed by atoms with Crippen LogP contribution in [0.15, 0.2) is 23.8 Å². The zero-order valence-electron chi connectivity index (χ0n) is 5.61. The van der Waals surface area contributed by atoms with Gasteiger partial charge >= 0.3 is 65.5 Å². The van der Waals surface area contributed by atoms with E-state index in [4.69, 9.17) is 0 Å². The van der Waals surface area contributed by atoms with Crippen LogP contribution in [0.3, 0.4) is 0 Å². The van der Waals surface area contributed by atoms with E-state index in [-0.39, 0.29) is 24.8 Å². The fourth-order valence-electron chi connectivity index (χ4n) is 0.838. The molecular weight excluding hydrogens is 246 g/mol. The molecule has 0 unspecified atom stereocenters. The van der Waals surface area contributed by atoms with Gasteiger partial charge in [0.2, 0.25) is 0 Å². The van der Waals surface area contributed by atoms with Gasteiger partial charge < -0.3 is 24.8 Å². The number of hydrogen-bond donors (Lipinski definition) is 0. The van der Waals surface area contributed by atoms with Gasteiger partial charge in [-0.2, -0.15) is 0 Å². The molecule has 0 amide bonds. The summed E-state index contributed by atoms with van der Waals surface area (Å²) in [5.41, 5.74) is 1.61. The molecule has 0 nitrogen and oxygen atoms in total. The first-order valence-corrected chi connectivity index (χ1v) is 4.66. The van der Waals surface area contributed by atoms with Crippen LogP contribution in [0.1, 0.15) is 12.8 Å². The van der Waals surface area contributed by atoms with Crippen LogP contribution >= 0.6 is 0 Å². The third-order valence-electron chi connectivity index (χ3n) is 1.29. The van der Waals surface area contributed by atoms with Crippen molar-refractivity contribution < 1.29 is 49.5 Å². The van der Waals surface area contributed by atoms with Crippen LogP contribution in [0.5, 0.6) is 0 Å². The van der Waals surface area contributed by atoms with Crippen LogP contribution in [0.25, 0.3) is 0 Å². The van der Waals surface area contributed by atoms with Gasteiger partial charge in [0, 0.05) is 0 Å². The average molecular weight is 255 g/mol. The molecule has 10 heavy (non-hydrogen) atoms. The van der Waals surface area contributed by atoms with E-state index in [9.17, 15) is 0 Å². The Hall–Kier alpha value is 0.943. The molecule has 0 aliphatic heterocycles. The average Bonchev–Trinajstić information content (AvgIpc) is 2.19. The molecule has 0 spiro atoms. The van der Waals surface area contributed by atoms with E-state index in [0.29, 0.717) is 0 Å². The molecule has 0 N–H and O–H groups in total. The Labute approximate surface area is 89.8 Å². The molecule has 1 rings (SSSR count). The summed E-state index contributed by atoms with van der Waals surface area (Å²) < 4.78 is 1.38. The third kappa shape index (κ3) is 4.71. The van der Waals surface area contributed by atoms with Crippen molar-refractivity contribution in [1.29, 1.82) is 0 Å². The minimum atomic E-state index is 0. The number of hydrogen-bond acceptors (Lipinski definition) is 0. The Bertz CT molecular complexity index is 130. The molecule has 0 saturated heterocycles. The van der Waals surface area contributed by atoms with E-state index in [0.717, 1.165) is 0 Å². The first-order valence-electron chi connectivity index (χ1n) is 2.92. The second-order valence-corrected chi connectivity index (χ2v) is 3.19. The number of rotatable bonds is 2. The quantitative estimate of drug-likeness (QED) is 0.475. The summed E-state index contributed by atoms with van der Waals surface area (Å²) in [5, 5.41) is 0. The molecule has 0 aromatic carbocycles. The van der Waals surface area contributed by atoms with Gasteiger partial charge in [-0.3, -0.25) is 0 Å². The van der Waals surface area contributed by atoms with E-state index in [1.807, 2.05) is 0 Å². The Morgan fingerprint density at radius 2 is 2.10 bits per heavy atom. The first kappa shape index (κ1) is 13.5. The number of halogens is 2. The standard InChI is InChI=1S/C7H9.2ClH.Zr/c1-2-7-5-3-4-6-7;;;/h3-5H,1-2,6H2;2*1H;/q;;;+2/p-2. The molecule has 3 heteroatoms. The van der Waals surface area contributed by atoms with Gasteiger partial charge in [-0.25, -0.2) is 0 Å². The van der Waals surface area contributed by atoms with E-state index >= 15 is 0 Å². The van der Waals surface area contributed by atoms with Gasteiger partial charge in [-0.1, -0.05) is 0 Å². The zero-order chi connectivity index (χ0) is 5.82. The van der Waals surface area contributed by atoms with Gasteiger partial charge in [0.25, 0.3) is 0 Å². The van der Waals surface area contributed by atoms with Crippen molar-refractivity contribution in [3.63, 3.8) is 0 Å². The summed E-state index contributed by atoms with van der Waals surface area (Å²) in [5.74, 6) is 0. The van der Waals surface area contributed by atoms with Crippen molar-refractivity contribution >= 4 is 0 Å². The fraction of sp³-hybridized carbons (Fsp3) is 0.429. The van der Waals surface area contributed by atoms with Crippen LogP contribution in [0, 0.1) is 0 Å². The summed E-state index contributed by atoms with van der Waals surface area (Å²) in [4.78, 5) is 0. The predicted molar refractivity (Wildman–Crippen MR) is 31.3 cm³/mol. The van der Waals surface area contributed by atoms with Gasteiger partial charge in [-0.15, -0.1) is 0 Å². The summed E-state index contributed by atoms with van der Waals surface area (Å²) in [6.07, 6.45) is 9.16. The zero-order valence-corrected chi connectivity index (χ0v) is 9.58. The van der Waals surface area contributed by atoms with Gasteiger partial charge in [0.05, 0.1) is 0 Å². The Kier molecular flexibility index (Phi) is 10.9. The van der Waals surface area contributed by atoms with Crippen molar-refractivity contribution in [2.24, 2.45) is 0 Å². The molecular formula is C7H9Cl2Zr. The topological polar surface area (TPSA) is 0 Å². The van der Waals surface area contributed by atoms with E-state index < -0.39 is 0 Å². The molecule has 0 saturated carbocycles. The van der Waals surface area contributed by atoms with Crippen LogP contribution in [0.2, 0.25) is 4.13 Å². The van der Waals surface area contributed by atoms with Crippen molar-refractivity contribution in [2.75, 3.05) is 0 Å². The molecule has 0 radical (unpaired) electrons. The van der Waals surface area contributed by atoms with Gasteiger partial charge in [0.15, 0.2) is 0 Å². The molecule has 0 heterocycles. The number of allylic oxidation sites excluding steroid dienone is 4.